The van der Waals surface area contributed by atoms with Gasteiger partial charge in [0.15, 0.2) is 29.7 Å². The third-order valence-corrected chi connectivity index (χ3v) is 5.74. The number of alkyl halides is 1. The number of rotatable bonds is 7. The van der Waals surface area contributed by atoms with Crippen molar-refractivity contribution in [3.63, 3.8) is 0 Å². The van der Waals surface area contributed by atoms with Gasteiger partial charge < -0.3 is 25.1 Å². The third-order valence-electron chi connectivity index (χ3n) is 5.74. The second-order valence-corrected chi connectivity index (χ2v) is 7.99. The lowest BCUT2D eigenvalue weighted by molar-refractivity contribution is -0.0660. The van der Waals surface area contributed by atoms with Gasteiger partial charge in [-0.1, -0.05) is 42.5 Å². The molecule has 2 aromatic heterocycles. The molecule has 10 heteroatoms. The van der Waals surface area contributed by atoms with Gasteiger partial charge >= 0.3 is 0 Å². The number of hydrogen-bond donors (Lipinski definition) is 2. The van der Waals surface area contributed by atoms with Gasteiger partial charge in [0.05, 0.1) is 26.7 Å². The van der Waals surface area contributed by atoms with Crippen LogP contribution in [0.4, 0.5) is 10.2 Å². The fraction of sp³-hybridized carbons (Fsp3) is 0.292. The maximum atomic E-state index is 15.1. The Morgan fingerprint density at radius 3 is 2.76 bits per heavy atom. The summed E-state index contributed by atoms with van der Waals surface area (Å²) in [5.74, 6) is 1.12. The number of benzene rings is 2. The summed E-state index contributed by atoms with van der Waals surface area (Å²) in [6, 6.07) is 16.8. The highest BCUT2D eigenvalue weighted by molar-refractivity contribution is 5.84. The average molecular weight is 465 g/mol. The van der Waals surface area contributed by atoms with Crippen LogP contribution in [0.2, 0.25) is 0 Å². The summed E-state index contributed by atoms with van der Waals surface area (Å²) in [7, 11) is 1.57. The molecule has 34 heavy (non-hydrogen) atoms. The first kappa shape index (κ1) is 22.2. The smallest absolute Gasteiger partial charge is 0.173 e. The number of nitrogen functional groups attached to an aromatic ring is 1. The number of aromatic nitrogens is 4. The zero-order valence-electron chi connectivity index (χ0n) is 18.4. The van der Waals surface area contributed by atoms with Crippen molar-refractivity contribution in [2.75, 3.05) is 19.5 Å². The van der Waals surface area contributed by atoms with Crippen molar-refractivity contribution in [3.8, 4) is 17.1 Å². The molecule has 0 bridgehead atoms. The second kappa shape index (κ2) is 9.34. The molecule has 0 radical (unpaired) electrons. The Bertz CT molecular complexity index is 1290. The topological polar surface area (TPSA) is 118 Å². The maximum absolute atomic E-state index is 15.1. The molecule has 9 nitrogen and oxygen atoms in total. The number of ether oxygens (including phenoxy) is 3. The highest BCUT2D eigenvalue weighted by Crippen LogP contribution is 2.35. The summed E-state index contributed by atoms with van der Waals surface area (Å²) in [6.45, 7) is 0.364. The van der Waals surface area contributed by atoms with Gasteiger partial charge in [-0.25, -0.2) is 19.3 Å². The number of nitrogens with zero attached hydrogens (tertiary/aromatic N) is 4. The SMILES string of the molecule is COc1cccc(-c2nc(N)c3ncn([C@@H]4O[C@H](COCc5ccccc5)[C@@H](O)[C@@H]4F)c3n2)c1. The highest BCUT2D eigenvalue weighted by Gasteiger charge is 2.46. The van der Waals surface area contributed by atoms with E-state index in [1.165, 1.54) is 10.9 Å². The quantitative estimate of drug-likeness (QED) is 0.428. The molecular formula is C24H24FN5O4. The molecule has 0 spiro atoms. The largest absolute Gasteiger partial charge is 0.497 e. The van der Waals surface area contributed by atoms with Gasteiger partial charge in [-0.2, -0.15) is 0 Å². The third kappa shape index (κ3) is 4.18. The van der Waals surface area contributed by atoms with Crippen molar-refractivity contribution in [2.24, 2.45) is 0 Å². The lowest BCUT2D eigenvalue weighted by atomic mass is 10.1. The summed E-state index contributed by atoms with van der Waals surface area (Å²) in [5, 5.41) is 10.5. The van der Waals surface area contributed by atoms with Gasteiger partial charge in [0.1, 0.15) is 23.5 Å². The Morgan fingerprint density at radius 1 is 1.15 bits per heavy atom. The summed E-state index contributed by atoms with van der Waals surface area (Å²) < 4.78 is 33.3. The minimum atomic E-state index is -1.71. The van der Waals surface area contributed by atoms with E-state index >= 15 is 4.39 Å². The summed E-state index contributed by atoms with van der Waals surface area (Å²) in [6.07, 6.45) is -3.67. The van der Waals surface area contributed by atoms with E-state index in [1.54, 1.807) is 19.2 Å². The van der Waals surface area contributed by atoms with E-state index in [9.17, 15) is 5.11 Å². The number of imidazole rings is 1. The lowest BCUT2D eigenvalue weighted by Gasteiger charge is -2.16. The monoisotopic (exact) mass is 465 g/mol. The van der Waals surface area contributed by atoms with Gasteiger partial charge in [0.25, 0.3) is 0 Å². The number of anilines is 1. The first-order chi connectivity index (χ1) is 16.5. The van der Waals surface area contributed by atoms with Crippen LogP contribution >= 0.6 is 0 Å². The van der Waals surface area contributed by atoms with Crippen molar-refractivity contribution >= 4 is 17.0 Å². The number of nitrogens with two attached hydrogens (primary N) is 1. The van der Waals surface area contributed by atoms with Gasteiger partial charge in [0.2, 0.25) is 0 Å². The van der Waals surface area contributed by atoms with Crippen LogP contribution in [0.15, 0.2) is 60.9 Å². The van der Waals surface area contributed by atoms with Gasteiger partial charge in [-0.05, 0) is 17.7 Å². The van der Waals surface area contributed by atoms with Crippen LogP contribution in [0.1, 0.15) is 11.8 Å². The molecule has 1 aliphatic heterocycles. The Kier molecular flexibility index (Phi) is 6.10. The van der Waals surface area contributed by atoms with E-state index in [2.05, 4.69) is 15.0 Å². The molecule has 1 fully saturated rings. The van der Waals surface area contributed by atoms with Crippen molar-refractivity contribution < 1.29 is 23.7 Å². The number of halogens is 1. The molecule has 0 unspecified atom stereocenters. The Balaban J connectivity index is 1.39. The Morgan fingerprint density at radius 2 is 1.97 bits per heavy atom. The minimum Gasteiger partial charge on any atom is -0.497 e. The number of hydrogen-bond acceptors (Lipinski definition) is 8. The predicted molar refractivity (Wildman–Crippen MR) is 123 cm³/mol. The highest BCUT2D eigenvalue weighted by atomic mass is 19.1. The van der Waals surface area contributed by atoms with Gasteiger partial charge in [-0.3, -0.25) is 4.57 Å². The van der Waals surface area contributed by atoms with Crippen LogP contribution in [0.5, 0.6) is 5.75 Å². The molecular weight excluding hydrogens is 441 g/mol. The molecule has 1 aliphatic rings. The van der Waals surface area contributed by atoms with Crippen molar-refractivity contribution in [3.05, 3.63) is 66.5 Å². The first-order valence-electron chi connectivity index (χ1n) is 10.8. The normalized spacial score (nSPS) is 22.3. The molecule has 5 rings (SSSR count). The van der Waals surface area contributed by atoms with E-state index in [0.29, 0.717) is 34.9 Å². The fourth-order valence-corrected chi connectivity index (χ4v) is 3.95. The Hall–Kier alpha value is -3.60. The van der Waals surface area contributed by atoms with Gasteiger partial charge in [-0.15, -0.1) is 0 Å². The molecule has 3 heterocycles. The second-order valence-electron chi connectivity index (χ2n) is 7.99. The van der Waals surface area contributed by atoms with E-state index in [-0.39, 0.29) is 12.4 Å². The summed E-state index contributed by atoms with van der Waals surface area (Å²) in [5.41, 5.74) is 8.40. The number of aliphatic hydroxyl groups is 1. The van der Waals surface area contributed by atoms with Crippen LogP contribution in [0.25, 0.3) is 22.6 Å². The summed E-state index contributed by atoms with van der Waals surface area (Å²) >= 11 is 0. The standard InChI is InChI=1S/C24H24FN5O4/c1-32-16-9-5-8-15(10-16)22-28-21(26)19-23(29-22)30(13-27-19)24-18(25)20(31)17(34-24)12-33-11-14-6-3-2-4-7-14/h2-10,13,17-18,20,24,31H,11-12H2,1H3,(H2,26,28,29)/t17-,18+,20-,24-/m1/s1. The molecule has 3 N–H and O–H groups in total. The molecule has 0 saturated carbocycles. The van der Waals surface area contributed by atoms with Crippen molar-refractivity contribution in [2.45, 2.75) is 31.2 Å². The number of fused-ring (bicyclic) bond motifs is 1. The Labute approximate surface area is 194 Å². The van der Waals surface area contributed by atoms with Crippen LogP contribution in [-0.4, -0.2) is 56.7 Å². The van der Waals surface area contributed by atoms with Crippen LogP contribution in [-0.2, 0) is 16.1 Å². The average Bonchev–Trinajstić information content (AvgIpc) is 3.41. The van der Waals surface area contributed by atoms with Gasteiger partial charge in [0, 0.05) is 5.56 Å². The lowest BCUT2D eigenvalue weighted by Crippen LogP contribution is -2.31. The van der Waals surface area contributed by atoms with Crippen LogP contribution in [0.3, 0.4) is 0 Å². The van der Waals surface area contributed by atoms with E-state index in [1.807, 2.05) is 42.5 Å². The van der Waals surface area contributed by atoms with Crippen LogP contribution < -0.4 is 10.5 Å². The number of aliphatic hydroxyl groups excluding tert-OH is 1. The maximum Gasteiger partial charge on any atom is 0.173 e. The van der Waals surface area contributed by atoms with Crippen LogP contribution in [0, 0.1) is 0 Å². The molecule has 176 valence electrons. The molecule has 4 aromatic rings. The molecule has 1 saturated heterocycles. The van der Waals surface area contributed by atoms with E-state index in [0.717, 1.165) is 5.56 Å². The fourth-order valence-electron chi connectivity index (χ4n) is 3.95. The molecule has 0 amide bonds. The molecule has 4 atom stereocenters. The van der Waals surface area contributed by atoms with Crippen molar-refractivity contribution in [1.29, 1.82) is 0 Å². The zero-order valence-corrected chi connectivity index (χ0v) is 18.4. The minimum absolute atomic E-state index is 0.0335. The van der Waals surface area contributed by atoms with E-state index in [4.69, 9.17) is 19.9 Å². The summed E-state index contributed by atoms with van der Waals surface area (Å²) in [4.78, 5) is 13.1. The molecule has 0 aliphatic carbocycles. The zero-order chi connectivity index (χ0) is 23.7. The molecule has 2 aromatic carbocycles. The first-order valence-corrected chi connectivity index (χ1v) is 10.8. The van der Waals surface area contributed by atoms with E-state index < -0.39 is 24.6 Å². The predicted octanol–water partition coefficient (Wildman–Crippen LogP) is 2.90. The number of methoxy groups -OCH3 is 1. The van der Waals surface area contributed by atoms with Crippen molar-refractivity contribution in [1.82, 2.24) is 19.5 Å².